The Morgan fingerprint density at radius 1 is 1.50 bits per heavy atom. The maximum Gasteiger partial charge on any atom is 0.156 e. The average Bonchev–Trinajstić information content (AvgIpc) is 1.88. The highest BCUT2D eigenvalue weighted by molar-refractivity contribution is 9.10. The fourth-order valence-electron chi connectivity index (χ4n) is 0.452. The van der Waals surface area contributed by atoms with Crippen LogP contribution in [0.5, 0.6) is 0 Å². The summed E-state index contributed by atoms with van der Waals surface area (Å²) in [6.07, 6.45) is 0. The second kappa shape index (κ2) is 2.18. The van der Waals surface area contributed by atoms with Gasteiger partial charge in [-0.05, 0) is 28.1 Å². The fraction of sp³-hybridized carbons (Fsp3) is 0. The van der Waals surface area contributed by atoms with E-state index in [2.05, 4.69) is 15.9 Å². The van der Waals surface area contributed by atoms with Gasteiger partial charge in [-0.25, -0.2) is 0 Å². The molecule has 8 heavy (non-hydrogen) atoms. The lowest BCUT2D eigenvalue weighted by Gasteiger charge is -1.91. The van der Waals surface area contributed by atoms with E-state index in [0.29, 0.717) is 11.4 Å². The van der Waals surface area contributed by atoms with E-state index in [-0.39, 0.29) is 0 Å². The quantitative estimate of drug-likeness (QED) is 0.647. The van der Waals surface area contributed by atoms with Crippen LogP contribution in [-0.4, -0.2) is 0 Å². The molecule has 0 spiro atoms. The molecule has 0 aliphatic carbocycles. The summed E-state index contributed by atoms with van der Waals surface area (Å²) >= 11 is 3.22. The Hall–Kier alpha value is -0.500. The fourth-order valence-corrected chi connectivity index (χ4v) is 0.737. The van der Waals surface area contributed by atoms with Crippen LogP contribution in [0.1, 0.15) is 0 Å². The summed E-state index contributed by atoms with van der Waals surface area (Å²) in [6.45, 7) is 0. The highest BCUT2D eigenvalue weighted by Gasteiger charge is 1.86. The number of hydrogen-bond donors (Lipinski definition) is 1. The van der Waals surface area contributed by atoms with Crippen molar-refractivity contribution in [2.24, 2.45) is 0 Å². The summed E-state index contributed by atoms with van der Waals surface area (Å²) in [5.41, 5.74) is 1.12. The van der Waals surface area contributed by atoms with Gasteiger partial charge >= 0.3 is 0 Å². The van der Waals surface area contributed by atoms with Crippen molar-refractivity contribution in [2.75, 3.05) is 5.72 Å². The largest absolute Gasteiger partial charge is 0.398 e. The zero-order valence-corrected chi connectivity index (χ0v) is 5.72. The van der Waals surface area contributed by atoms with Crippen LogP contribution in [-0.2, 0) is 0 Å². The Balaban J connectivity index is 3.03. The average molecular weight is 174 g/mol. The standard InChI is InChI=1S/C6H6BrN/c7-5-3-1-2-4-6(5)8/h1-4H,8H2/i/hD2. The molecule has 1 aromatic rings. The number of hydrogen-bond acceptors (Lipinski definition) is 1. The molecule has 2 N–H and O–H groups in total. The molecule has 0 saturated carbocycles. The molecule has 0 aromatic heterocycles. The van der Waals surface area contributed by atoms with Gasteiger partial charge in [0, 0.05) is 10.2 Å². The minimum absolute atomic E-state index is 0.544. The van der Waals surface area contributed by atoms with Crippen LogP contribution >= 0.6 is 15.9 Å². The van der Waals surface area contributed by atoms with Crippen LogP contribution in [0, 0.1) is 0 Å². The smallest absolute Gasteiger partial charge is 0.156 e. The van der Waals surface area contributed by atoms with Gasteiger partial charge in [0.1, 0.15) is 0 Å². The molecule has 2 heteroatoms. The predicted octanol–water partition coefficient (Wildman–Crippen LogP) is 2.03. The zero-order chi connectivity index (χ0) is 7.56. The molecule has 1 nitrogen and oxygen atoms in total. The van der Waals surface area contributed by atoms with Gasteiger partial charge in [0.15, 0.2) is 2.82 Å². The van der Waals surface area contributed by atoms with Crippen molar-refractivity contribution in [1.29, 1.82) is 0 Å². The van der Waals surface area contributed by atoms with Crippen LogP contribution in [0.4, 0.5) is 5.69 Å². The maximum absolute atomic E-state index is 6.93. The van der Waals surface area contributed by atoms with Crippen molar-refractivity contribution >= 4 is 21.6 Å². The monoisotopic (exact) mass is 173 g/mol. The van der Waals surface area contributed by atoms with E-state index in [0.717, 1.165) is 4.47 Å². The first-order valence-corrected chi connectivity index (χ1v) is 3.03. The van der Waals surface area contributed by atoms with E-state index < -0.39 is 0 Å². The topological polar surface area (TPSA) is 26.0 Å². The van der Waals surface area contributed by atoms with E-state index in [9.17, 15) is 0 Å². The Kier molecular flexibility index (Phi) is 0.956. The highest BCUT2D eigenvalue weighted by atomic mass is 79.9. The summed E-state index contributed by atoms with van der Waals surface area (Å²) < 4.78 is 14.6. The Bertz CT molecular complexity index is 227. The van der Waals surface area contributed by atoms with Crippen LogP contribution in [0.25, 0.3) is 0 Å². The lowest BCUT2D eigenvalue weighted by molar-refractivity contribution is 1.63. The van der Waals surface area contributed by atoms with Gasteiger partial charge in [-0.1, -0.05) is 12.1 Å². The van der Waals surface area contributed by atoms with Crippen LogP contribution in [0.3, 0.4) is 0 Å². The number of halogens is 1. The van der Waals surface area contributed by atoms with Gasteiger partial charge in [0.25, 0.3) is 0 Å². The van der Waals surface area contributed by atoms with Crippen molar-refractivity contribution < 1.29 is 2.82 Å². The Morgan fingerprint density at radius 2 is 2.25 bits per heavy atom. The number of anilines is 1. The Labute approximate surface area is 59.6 Å². The highest BCUT2D eigenvalue weighted by Crippen LogP contribution is 2.16. The van der Waals surface area contributed by atoms with Crippen molar-refractivity contribution in [3.63, 3.8) is 0 Å². The molecule has 0 amide bonds. The lowest BCUT2D eigenvalue weighted by Crippen LogP contribution is -1.82. The molecule has 0 atom stereocenters. The lowest BCUT2D eigenvalue weighted by atomic mass is 10.3. The van der Waals surface area contributed by atoms with Gasteiger partial charge in [0.2, 0.25) is 0 Å². The second-order valence-electron chi connectivity index (χ2n) is 1.45. The second-order valence-corrected chi connectivity index (χ2v) is 2.31. The van der Waals surface area contributed by atoms with Gasteiger partial charge in [0.05, 0.1) is 0 Å². The molecule has 0 unspecified atom stereocenters. The van der Waals surface area contributed by atoms with Gasteiger partial charge in [-0.2, -0.15) is 0 Å². The van der Waals surface area contributed by atoms with E-state index >= 15 is 0 Å². The minimum atomic E-state index is 0.544. The number of para-hydroxylation sites is 1. The summed E-state index contributed by atoms with van der Waals surface area (Å²) in [5.74, 6) is 0. The summed E-state index contributed by atoms with van der Waals surface area (Å²) in [5, 5.41) is 0. The molecule has 42 valence electrons. The number of rotatable bonds is 1. The molecule has 1 aromatic carbocycles. The van der Waals surface area contributed by atoms with Crippen molar-refractivity contribution in [3.8, 4) is 0 Å². The van der Waals surface area contributed by atoms with Crippen molar-refractivity contribution in [1.82, 2.24) is 0 Å². The molecule has 0 aliphatic heterocycles. The third-order valence-electron chi connectivity index (χ3n) is 0.852. The predicted molar refractivity (Wildman–Crippen MR) is 38.6 cm³/mol. The number of nitrogen functional groups attached to an aromatic ring is 1. The maximum atomic E-state index is 6.93. The van der Waals surface area contributed by atoms with Gasteiger partial charge in [-0.15, -0.1) is 0 Å². The van der Waals surface area contributed by atoms with Crippen LogP contribution in [0.2, 0.25) is 2.82 Å². The molecular formula is C6H6BrN. The summed E-state index contributed by atoms with van der Waals surface area (Å²) in [6, 6.07) is 7.13. The first kappa shape index (κ1) is 3.51. The van der Waals surface area contributed by atoms with E-state index in [4.69, 9.17) is 2.82 Å². The van der Waals surface area contributed by atoms with E-state index in [1.807, 2.05) is 6.07 Å². The third kappa shape index (κ3) is 1.01. The molecule has 0 saturated heterocycles. The number of nitrogens with two attached hydrogens (primary N) is 1. The molecule has 0 heterocycles. The molecule has 0 radical (unpaired) electrons. The van der Waals surface area contributed by atoms with E-state index in [1.54, 1.807) is 18.2 Å². The van der Waals surface area contributed by atoms with Crippen molar-refractivity contribution in [3.05, 3.63) is 28.7 Å². The number of benzene rings is 1. The normalized spacial score (nSPS) is 12.1. The van der Waals surface area contributed by atoms with Gasteiger partial charge < -0.3 is 5.72 Å². The SMILES string of the molecule is [2H]N([2H])c1ccccc1Br. The van der Waals surface area contributed by atoms with Gasteiger partial charge in [-0.3, -0.25) is 0 Å². The first-order valence-electron chi connectivity index (χ1n) is 3.13. The zero-order valence-electron chi connectivity index (χ0n) is 6.13. The first-order chi connectivity index (χ1) is 4.72. The molecule has 1 rings (SSSR count). The molecular weight excluding hydrogens is 166 g/mol. The minimum Gasteiger partial charge on any atom is -0.398 e. The van der Waals surface area contributed by atoms with Crippen molar-refractivity contribution in [2.45, 2.75) is 0 Å². The molecule has 0 bridgehead atoms. The van der Waals surface area contributed by atoms with E-state index in [1.165, 1.54) is 0 Å². The Morgan fingerprint density at radius 3 is 2.75 bits per heavy atom. The van der Waals surface area contributed by atoms with Crippen LogP contribution in [0.15, 0.2) is 28.7 Å². The third-order valence-corrected chi connectivity index (χ3v) is 1.52. The summed E-state index contributed by atoms with van der Waals surface area (Å²) in [4.78, 5) is 0. The van der Waals surface area contributed by atoms with Crippen LogP contribution < -0.4 is 5.72 Å². The molecule has 0 aliphatic rings. The summed E-state index contributed by atoms with van der Waals surface area (Å²) in [7, 11) is 0. The molecule has 0 fully saturated rings.